The molecule has 0 amide bonds. The van der Waals surface area contributed by atoms with Crippen LogP contribution in [0.4, 0.5) is 0 Å². The molecule has 2 atom stereocenters. The van der Waals surface area contributed by atoms with E-state index in [1.165, 1.54) is 0 Å². The van der Waals surface area contributed by atoms with E-state index in [1.807, 2.05) is 0 Å². The lowest BCUT2D eigenvalue weighted by molar-refractivity contribution is 0.418. The Kier molecular flexibility index (Phi) is 0.865. The Morgan fingerprint density at radius 2 is 1.58 bits per heavy atom. The third-order valence-electron chi connectivity index (χ3n) is 2.86. The average Bonchev–Trinajstić information content (AvgIpc) is 2.64. The number of aromatic hydroxyl groups is 2. The van der Waals surface area contributed by atoms with Gasteiger partial charge in [0.05, 0.1) is 0 Å². The molecular weight excluding hydrogens is 154 g/mol. The van der Waals surface area contributed by atoms with Crippen LogP contribution in [0, 0.1) is 0 Å². The maximum absolute atomic E-state index is 9.42. The fourth-order valence-electron chi connectivity index (χ4n) is 2.38. The third kappa shape index (κ3) is 0.501. The van der Waals surface area contributed by atoms with Crippen molar-refractivity contribution in [3.8, 4) is 11.8 Å². The van der Waals surface area contributed by atoms with E-state index in [4.69, 9.17) is 0 Å². The molecule has 3 N–H and O–H groups in total. The summed E-state index contributed by atoms with van der Waals surface area (Å²) >= 11 is 0. The van der Waals surface area contributed by atoms with Crippen LogP contribution in [0.25, 0.3) is 0 Å². The Hall–Kier alpha value is -1.38. The summed E-state index contributed by atoms with van der Waals surface area (Å²) in [5.41, 5.74) is 1.81. The lowest BCUT2D eigenvalue weighted by Gasteiger charge is -2.03. The molecule has 62 valence electrons. The van der Waals surface area contributed by atoms with Crippen LogP contribution in [0.15, 0.2) is 12.2 Å². The number of nitrogens with one attached hydrogen (secondary N) is 1. The van der Waals surface area contributed by atoms with Crippen LogP contribution in [0.5, 0.6) is 11.8 Å². The zero-order valence-electron chi connectivity index (χ0n) is 6.41. The smallest absolute Gasteiger partial charge is 0.195 e. The summed E-state index contributed by atoms with van der Waals surface area (Å²) in [6, 6.07) is 0. The summed E-state index contributed by atoms with van der Waals surface area (Å²) in [6.45, 7) is 0. The molecule has 0 fully saturated rings. The molecule has 3 nitrogen and oxygen atoms in total. The summed E-state index contributed by atoms with van der Waals surface area (Å²) in [5.74, 6) is 0.919. The molecule has 0 saturated carbocycles. The second kappa shape index (κ2) is 1.68. The molecule has 2 bridgehead atoms. The highest BCUT2D eigenvalue weighted by Gasteiger charge is 2.38. The first-order valence-electron chi connectivity index (χ1n) is 4.09. The molecule has 0 aliphatic heterocycles. The maximum atomic E-state index is 9.42. The lowest BCUT2D eigenvalue weighted by Crippen LogP contribution is -1.87. The SMILES string of the molecule is Oc1[nH]c(O)c2c1C1C=CC2C1. The minimum Gasteiger partial charge on any atom is -0.494 e. The highest BCUT2D eigenvalue weighted by atomic mass is 16.3. The molecule has 3 rings (SSSR count). The van der Waals surface area contributed by atoms with Gasteiger partial charge in [-0.2, -0.15) is 0 Å². The number of hydrogen-bond donors (Lipinski definition) is 3. The molecular formula is C9H9NO2. The minimum atomic E-state index is 0.138. The van der Waals surface area contributed by atoms with Crippen molar-refractivity contribution < 1.29 is 10.2 Å². The van der Waals surface area contributed by atoms with Crippen LogP contribution in [0.1, 0.15) is 29.4 Å². The molecule has 3 heteroatoms. The molecule has 1 aromatic rings. The van der Waals surface area contributed by atoms with Crippen LogP contribution >= 0.6 is 0 Å². The van der Waals surface area contributed by atoms with E-state index in [9.17, 15) is 10.2 Å². The summed E-state index contributed by atoms with van der Waals surface area (Å²) < 4.78 is 0. The minimum absolute atomic E-state index is 0.138. The monoisotopic (exact) mass is 163 g/mol. The van der Waals surface area contributed by atoms with Gasteiger partial charge in [-0.3, -0.25) is 4.98 Å². The first-order chi connectivity index (χ1) is 5.77. The summed E-state index contributed by atoms with van der Waals surface area (Å²) in [4.78, 5) is 2.55. The maximum Gasteiger partial charge on any atom is 0.195 e. The predicted molar refractivity (Wildman–Crippen MR) is 43.4 cm³/mol. The van der Waals surface area contributed by atoms with E-state index in [1.54, 1.807) is 0 Å². The standard InChI is InChI=1S/C9H9NO2/c11-8-6-4-1-2-5(3-4)7(6)9(12)10-8/h1-2,4-5,10-12H,3H2. The van der Waals surface area contributed by atoms with Gasteiger partial charge in [-0.15, -0.1) is 0 Å². The number of aromatic amines is 1. The summed E-state index contributed by atoms with van der Waals surface area (Å²) in [5, 5.41) is 18.8. The van der Waals surface area contributed by atoms with Crippen molar-refractivity contribution in [3.63, 3.8) is 0 Å². The van der Waals surface area contributed by atoms with E-state index in [0.29, 0.717) is 11.8 Å². The van der Waals surface area contributed by atoms with Gasteiger partial charge in [0.2, 0.25) is 0 Å². The molecule has 2 aliphatic rings. The van der Waals surface area contributed by atoms with Crippen molar-refractivity contribution >= 4 is 0 Å². The topological polar surface area (TPSA) is 56.2 Å². The Bertz CT molecular complexity index is 346. The Morgan fingerprint density at radius 1 is 1.08 bits per heavy atom. The second-order valence-electron chi connectivity index (χ2n) is 3.48. The van der Waals surface area contributed by atoms with E-state index in [-0.39, 0.29) is 11.8 Å². The third-order valence-corrected chi connectivity index (χ3v) is 2.86. The summed E-state index contributed by atoms with van der Waals surface area (Å²) in [7, 11) is 0. The van der Waals surface area contributed by atoms with Gasteiger partial charge in [-0.05, 0) is 6.42 Å². The zero-order chi connectivity index (χ0) is 8.29. The normalized spacial score (nSPS) is 29.7. The van der Waals surface area contributed by atoms with Crippen molar-refractivity contribution in [1.82, 2.24) is 4.98 Å². The number of aromatic nitrogens is 1. The van der Waals surface area contributed by atoms with E-state index >= 15 is 0 Å². The average molecular weight is 163 g/mol. The van der Waals surface area contributed by atoms with Gasteiger partial charge in [0.25, 0.3) is 0 Å². The Morgan fingerprint density at radius 3 is 2.08 bits per heavy atom. The van der Waals surface area contributed by atoms with Crippen molar-refractivity contribution in [2.45, 2.75) is 18.3 Å². The van der Waals surface area contributed by atoms with Crippen molar-refractivity contribution in [3.05, 3.63) is 23.3 Å². The molecule has 0 saturated heterocycles. The van der Waals surface area contributed by atoms with Crippen LogP contribution in [-0.2, 0) is 0 Å². The number of H-pyrrole nitrogens is 1. The van der Waals surface area contributed by atoms with Crippen molar-refractivity contribution in [1.29, 1.82) is 0 Å². The van der Waals surface area contributed by atoms with E-state index < -0.39 is 0 Å². The van der Waals surface area contributed by atoms with Crippen molar-refractivity contribution in [2.75, 3.05) is 0 Å². The van der Waals surface area contributed by atoms with Crippen LogP contribution in [0.3, 0.4) is 0 Å². The first kappa shape index (κ1) is 6.17. The van der Waals surface area contributed by atoms with Gasteiger partial charge in [-0.1, -0.05) is 12.2 Å². The molecule has 2 unspecified atom stereocenters. The highest BCUT2D eigenvalue weighted by molar-refractivity contribution is 5.57. The van der Waals surface area contributed by atoms with Gasteiger partial charge in [0.1, 0.15) is 0 Å². The number of rotatable bonds is 0. The fraction of sp³-hybridized carbons (Fsp3) is 0.333. The Balaban J connectivity index is 2.31. The Labute approximate surface area is 69.4 Å². The van der Waals surface area contributed by atoms with Crippen LogP contribution in [-0.4, -0.2) is 15.2 Å². The van der Waals surface area contributed by atoms with Crippen LogP contribution < -0.4 is 0 Å². The molecule has 0 radical (unpaired) electrons. The lowest BCUT2D eigenvalue weighted by atomic mass is 10.0. The molecule has 0 aromatic carbocycles. The van der Waals surface area contributed by atoms with Gasteiger partial charge < -0.3 is 10.2 Å². The molecule has 0 spiro atoms. The summed E-state index contributed by atoms with van der Waals surface area (Å²) in [6.07, 6.45) is 5.21. The molecule has 1 aromatic heterocycles. The van der Waals surface area contributed by atoms with Gasteiger partial charge in [0, 0.05) is 23.0 Å². The molecule has 2 aliphatic carbocycles. The number of allylic oxidation sites excluding steroid dienone is 2. The zero-order valence-corrected chi connectivity index (χ0v) is 6.41. The first-order valence-corrected chi connectivity index (χ1v) is 4.09. The van der Waals surface area contributed by atoms with Gasteiger partial charge >= 0.3 is 0 Å². The molecule has 1 heterocycles. The van der Waals surface area contributed by atoms with E-state index in [0.717, 1.165) is 17.5 Å². The van der Waals surface area contributed by atoms with Crippen LogP contribution in [0.2, 0.25) is 0 Å². The van der Waals surface area contributed by atoms with Crippen molar-refractivity contribution in [2.24, 2.45) is 0 Å². The number of fused-ring (bicyclic) bond motifs is 5. The fourth-order valence-corrected chi connectivity index (χ4v) is 2.38. The number of hydrogen-bond acceptors (Lipinski definition) is 2. The predicted octanol–water partition coefficient (Wildman–Crippen LogP) is 1.57. The molecule has 12 heavy (non-hydrogen) atoms. The second-order valence-corrected chi connectivity index (χ2v) is 3.48. The van der Waals surface area contributed by atoms with Gasteiger partial charge in [-0.25, -0.2) is 0 Å². The quantitative estimate of drug-likeness (QED) is 0.508. The van der Waals surface area contributed by atoms with Gasteiger partial charge in [0.15, 0.2) is 11.8 Å². The van der Waals surface area contributed by atoms with E-state index in [2.05, 4.69) is 17.1 Å². The largest absolute Gasteiger partial charge is 0.494 e. The highest BCUT2D eigenvalue weighted by Crippen LogP contribution is 2.54.